The van der Waals surface area contributed by atoms with E-state index in [0.717, 1.165) is 6.07 Å². The zero-order chi connectivity index (χ0) is 12.6. The van der Waals surface area contributed by atoms with Crippen molar-refractivity contribution in [2.75, 3.05) is 5.73 Å². The fraction of sp³-hybridized carbons (Fsp3) is 0.182. The standard InChI is InChI=1S/C11H11F2N3O/c1-16-11(14)8(5-15-16)10(17)7-3-2-6(12)4-9(7)13/h2-5,10,17H,14H2,1H3. The van der Waals surface area contributed by atoms with Crippen LogP contribution >= 0.6 is 0 Å². The zero-order valence-electron chi connectivity index (χ0n) is 9.06. The minimum atomic E-state index is -1.26. The van der Waals surface area contributed by atoms with Gasteiger partial charge in [-0.05, 0) is 6.07 Å². The van der Waals surface area contributed by atoms with Crippen molar-refractivity contribution in [3.05, 3.63) is 47.2 Å². The highest BCUT2D eigenvalue weighted by atomic mass is 19.1. The number of aryl methyl sites for hydroxylation is 1. The van der Waals surface area contributed by atoms with Gasteiger partial charge in [-0.3, -0.25) is 4.68 Å². The number of hydrogen-bond acceptors (Lipinski definition) is 3. The second-order valence-electron chi connectivity index (χ2n) is 3.68. The van der Waals surface area contributed by atoms with E-state index in [-0.39, 0.29) is 16.9 Å². The van der Waals surface area contributed by atoms with Gasteiger partial charge in [-0.2, -0.15) is 5.10 Å². The number of nitrogens with zero attached hydrogens (tertiary/aromatic N) is 2. The molecule has 17 heavy (non-hydrogen) atoms. The van der Waals surface area contributed by atoms with Gasteiger partial charge in [0.15, 0.2) is 0 Å². The van der Waals surface area contributed by atoms with Crippen LogP contribution in [0, 0.1) is 11.6 Å². The molecule has 0 radical (unpaired) electrons. The van der Waals surface area contributed by atoms with Crippen LogP contribution in [-0.2, 0) is 7.05 Å². The molecule has 1 atom stereocenters. The molecule has 0 aliphatic rings. The van der Waals surface area contributed by atoms with E-state index in [2.05, 4.69) is 5.10 Å². The lowest BCUT2D eigenvalue weighted by Gasteiger charge is -2.11. The van der Waals surface area contributed by atoms with Gasteiger partial charge in [0.25, 0.3) is 0 Å². The molecule has 3 N–H and O–H groups in total. The minimum absolute atomic E-state index is 0.0360. The van der Waals surface area contributed by atoms with E-state index in [1.807, 2.05) is 0 Å². The van der Waals surface area contributed by atoms with Gasteiger partial charge in [-0.15, -0.1) is 0 Å². The highest BCUT2D eigenvalue weighted by Gasteiger charge is 2.20. The first-order valence-electron chi connectivity index (χ1n) is 4.91. The summed E-state index contributed by atoms with van der Waals surface area (Å²) in [7, 11) is 1.60. The molecule has 2 aromatic rings. The molecule has 0 amide bonds. The highest BCUT2D eigenvalue weighted by molar-refractivity contribution is 5.44. The lowest BCUT2D eigenvalue weighted by molar-refractivity contribution is 0.215. The lowest BCUT2D eigenvalue weighted by Crippen LogP contribution is -2.06. The third-order valence-corrected chi connectivity index (χ3v) is 2.57. The second kappa shape index (κ2) is 4.14. The summed E-state index contributed by atoms with van der Waals surface area (Å²) >= 11 is 0. The van der Waals surface area contributed by atoms with Gasteiger partial charge in [0.1, 0.15) is 23.6 Å². The average molecular weight is 239 g/mol. The van der Waals surface area contributed by atoms with Crippen LogP contribution in [0.3, 0.4) is 0 Å². The second-order valence-corrected chi connectivity index (χ2v) is 3.68. The molecular formula is C11H11F2N3O. The first-order valence-corrected chi connectivity index (χ1v) is 4.91. The largest absolute Gasteiger partial charge is 0.384 e. The van der Waals surface area contributed by atoms with E-state index in [0.29, 0.717) is 6.07 Å². The molecule has 90 valence electrons. The Morgan fingerprint density at radius 2 is 2.06 bits per heavy atom. The van der Waals surface area contributed by atoms with Crippen molar-refractivity contribution in [2.45, 2.75) is 6.10 Å². The lowest BCUT2D eigenvalue weighted by atomic mass is 10.0. The summed E-state index contributed by atoms with van der Waals surface area (Å²) in [6.45, 7) is 0. The Morgan fingerprint density at radius 1 is 1.35 bits per heavy atom. The third-order valence-electron chi connectivity index (χ3n) is 2.57. The summed E-state index contributed by atoms with van der Waals surface area (Å²) in [4.78, 5) is 0. The highest BCUT2D eigenvalue weighted by Crippen LogP contribution is 2.28. The molecule has 0 bridgehead atoms. The van der Waals surface area contributed by atoms with E-state index in [9.17, 15) is 13.9 Å². The van der Waals surface area contributed by atoms with Gasteiger partial charge in [0.2, 0.25) is 0 Å². The van der Waals surface area contributed by atoms with Crippen LogP contribution in [-0.4, -0.2) is 14.9 Å². The summed E-state index contributed by atoms with van der Waals surface area (Å²) in [5, 5.41) is 13.8. The molecule has 0 saturated carbocycles. The maximum Gasteiger partial charge on any atom is 0.132 e. The topological polar surface area (TPSA) is 64.1 Å². The Kier molecular flexibility index (Phi) is 2.81. The molecule has 6 heteroatoms. The van der Waals surface area contributed by atoms with E-state index in [1.165, 1.54) is 16.9 Å². The maximum absolute atomic E-state index is 13.5. The molecule has 0 aliphatic carbocycles. The Labute approximate surface area is 96.3 Å². The number of benzene rings is 1. The normalized spacial score (nSPS) is 12.7. The number of halogens is 2. The van der Waals surface area contributed by atoms with Crippen molar-refractivity contribution in [3.63, 3.8) is 0 Å². The summed E-state index contributed by atoms with van der Waals surface area (Å²) in [6.07, 6.45) is 0.0901. The van der Waals surface area contributed by atoms with Gasteiger partial charge in [0.05, 0.1) is 6.20 Å². The number of aromatic nitrogens is 2. The molecule has 1 aromatic heterocycles. The number of aliphatic hydroxyl groups excluding tert-OH is 1. The van der Waals surface area contributed by atoms with Crippen molar-refractivity contribution >= 4 is 5.82 Å². The third kappa shape index (κ3) is 1.99. The summed E-state index contributed by atoms with van der Waals surface area (Å²) in [5.74, 6) is -1.28. The number of nitrogens with two attached hydrogens (primary N) is 1. The predicted molar refractivity (Wildman–Crippen MR) is 58.0 cm³/mol. The monoisotopic (exact) mass is 239 g/mol. The summed E-state index contributed by atoms with van der Waals surface area (Å²) < 4.78 is 27.6. The number of hydrogen-bond donors (Lipinski definition) is 2. The van der Waals surface area contributed by atoms with Crippen LogP contribution in [0.15, 0.2) is 24.4 Å². The van der Waals surface area contributed by atoms with Gasteiger partial charge in [0, 0.05) is 24.2 Å². The van der Waals surface area contributed by atoms with Crippen LogP contribution in [0.25, 0.3) is 0 Å². The molecule has 0 spiro atoms. The average Bonchev–Trinajstić information content (AvgIpc) is 2.59. The van der Waals surface area contributed by atoms with Gasteiger partial charge in [-0.25, -0.2) is 8.78 Å². The van der Waals surface area contributed by atoms with Gasteiger partial charge >= 0.3 is 0 Å². The van der Waals surface area contributed by atoms with E-state index < -0.39 is 17.7 Å². The van der Waals surface area contributed by atoms with Crippen molar-refractivity contribution in [2.24, 2.45) is 7.05 Å². The van der Waals surface area contributed by atoms with Gasteiger partial charge < -0.3 is 10.8 Å². The molecular weight excluding hydrogens is 228 g/mol. The van der Waals surface area contributed by atoms with Crippen LogP contribution in [0.1, 0.15) is 17.2 Å². The molecule has 1 aromatic carbocycles. The number of anilines is 1. The van der Waals surface area contributed by atoms with Crippen molar-refractivity contribution in [1.82, 2.24) is 9.78 Å². The van der Waals surface area contributed by atoms with Gasteiger partial charge in [-0.1, -0.05) is 6.07 Å². The van der Waals surface area contributed by atoms with E-state index in [1.54, 1.807) is 7.05 Å². The van der Waals surface area contributed by atoms with Crippen molar-refractivity contribution in [3.8, 4) is 0 Å². The maximum atomic E-state index is 13.5. The van der Waals surface area contributed by atoms with Crippen LogP contribution < -0.4 is 5.73 Å². The fourth-order valence-corrected chi connectivity index (χ4v) is 1.57. The SMILES string of the molecule is Cn1ncc(C(O)c2ccc(F)cc2F)c1N. The smallest absolute Gasteiger partial charge is 0.132 e. The Morgan fingerprint density at radius 3 is 2.59 bits per heavy atom. The molecule has 0 saturated heterocycles. The number of rotatable bonds is 2. The number of aliphatic hydroxyl groups is 1. The Balaban J connectivity index is 2.43. The summed E-state index contributed by atoms with van der Waals surface area (Å²) in [6, 6.07) is 2.97. The zero-order valence-corrected chi connectivity index (χ0v) is 9.06. The molecule has 0 fully saturated rings. The van der Waals surface area contributed by atoms with Crippen LogP contribution in [0.4, 0.5) is 14.6 Å². The molecule has 1 unspecified atom stereocenters. The fourth-order valence-electron chi connectivity index (χ4n) is 1.57. The molecule has 1 heterocycles. The Hall–Kier alpha value is -1.95. The van der Waals surface area contributed by atoms with Crippen molar-refractivity contribution < 1.29 is 13.9 Å². The number of nitrogen functional groups attached to an aromatic ring is 1. The molecule has 2 rings (SSSR count). The molecule has 0 aliphatic heterocycles. The molecule has 4 nitrogen and oxygen atoms in total. The van der Waals surface area contributed by atoms with Crippen LogP contribution in [0.2, 0.25) is 0 Å². The Bertz CT molecular complexity index is 554. The van der Waals surface area contributed by atoms with E-state index in [4.69, 9.17) is 5.73 Å². The van der Waals surface area contributed by atoms with E-state index >= 15 is 0 Å². The van der Waals surface area contributed by atoms with Crippen molar-refractivity contribution in [1.29, 1.82) is 0 Å². The summed E-state index contributed by atoms with van der Waals surface area (Å²) in [5.41, 5.74) is 5.92. The minimum Gasteiger partial charge on any atom is -0.384 e. The predicted octanol–water partition coefficient (Wildman–Crippen LogP) is 1.36. The first-order chi connectivity index (χ1) is 8.00. The van der Waals surface area contributed by atoms with Crippen LogP contribution in [0.5, 0.6) is 0 Å². The first kappa shape index (κ1) is 11.5. The quantitative estimate of drug-likeness (QED) is 0.831.